The number of aryl methyl sites for hydroxylation is 2. The number of nitrogens with two attached hydrogens (primary N) is 1. The molecule has 0 unspecified atom stereocenters. The Morgan fingerprint density at radius 1 is 1.45 bits per heavy atom. The van der Waals surface area contributed by atoms with Crippen LogP contribution >= 0.6 is 0 Å². The number of nitrogens with zero attached hydrogens (tertiary/aromatic N) is 1. The minimum atomic E-state index is -0.308. The molecule has 0 fully saturated rings. The number of benzene rings is 1. The van der Waals surface area contributed by atoms with Crippen molar-refractivity contribution < 1.29 is 9.21 Å². The molecule has 3 N–H and O–H groups in total. The lowest BCUT2D eigenvalue weighted by Gasteiger charge is -2.05. The van der Waals surface area contributed by atoms with Crippen molar-refractivity contribution in [2.75, 3.05) is 11.9 Å². The van der Waals surface area contributed by atoms with E-state index in [4.69, 9.17) is 10.2 Å². The quantitative estimate of drug-likeness (QED) is 0.815. The Balaban J connectivity index is 2.30. The van der Waals surface area contributed by atoms with E-state index in [2.05, 4.69) is 22.1 Å². The topological polar surface area (TPSA) is 81.2 Å². The van der Waals surface area contributed by atoms with Gasteiger partial charge in [0, 0.05) is 5.56 Å². The summed E-state index contributed by atoms with van der Waals surface area (Å²) < 4.78 is 5.11. The Morgan fingerprint density at radius 3 is 2.90 bits per heavy atom. The van der Waals surface area contributed by atoms with E-state index in [9.17, 15) is 4.79 Å². The van der Waals surface area contributed by atoms with Crippen molar-refractivity contribution in [2.24, 2.45) is 5.73 Å². The Hall–Kier alpha value is -2.58. The Bertz CT molecular complexity index is 693. The first-order valence-corrected chi connectivity index (χ1v) is 6.13. The van der Waals surface area contributed by atoms with Crippen LogP contribution in [0.1, 0.15) is 27.2 Å². The smallest absolute Gasteiger partial charge is 0.301 e. The molecule has 0 aliphatic carbocycles. The van der Waals surface area contributed by atoms with Gasteiger partial charge in [0.15, 0.2) is 0 Å². The molecule has 0 aliphatic rings. The zero-order valence-electron chi connectivity index (χ0n) is 11.4. The molecule has 1 amide bonds. The van der Waals surface area contributed by atoms with Gasteiger partial charge in [-0.05, 0) is 26.0 Å². The van der Waals surface area contributed by atoms with Crippen LogP contribution in [0.3, 0.4) is 0 Å². The van der Waals surface area contributed by atoms with Crippen LogP contribution in [-0.2, 0) is 0 Å². The molecule has 0 aliphatic heterocycles. The molecule has 1 aromatic carbocycles. The number of carbonyl (C=O) groups excluding carboxylic acids is 1. The Morgan fingerprint density at radius 2 is 2.25 bits per heavy atom. The van der Waals surface area contributed by atoms with Gasteiger partial charge >= 0.3 is 6.01 Å². The van der Waals surface area contributed by atoms with E-state index in [1.54, 1.807) is 19.1 Å². The summed E-state index contributed by atoms with van der Waals surface area (Å²) in [5.41, 5.74) is 8.13. The number of nitrogens with one attached hydrogen (secondary N) is 1. The summed E-state index contributed by atoms with van der Waals surface area (Å²) in [7, 11) is 0. The van der Waals surface area contributed by atoms with E-state index in [0.717, 1.165) is 5.56 Å². The van der Waals surface area contributed by atoms with Crippen molar-refractivity contribution in [3.8, 4) is 11.8 Å². The van der Waals surface area contributed by atoms with Crippen LogP contribution in [0.25, 0.3) is 0 Å². The number of hydrogen-bond donors (Lipinski definition) is 2. The second kappa shape index (κ2) is 6.04. The summed E-state index contributed by atoms with van der Waals surface area (Å²) in [6.07, 6.45) is 1.47. The number of hydrogen-bond acceptors (Lipinski definition) is 4. The molecule has 1 heterocycles. The van der Waals surface area contributed by atoms with Gasteiger partial charge in [0.1, 0.15) is 6.26 Å². The number of anilines is 1. The fraction of sp³-hybridized carbons (Fsp3) is 0.200. The standard InChI is InChI=1S/C15H15N3O2/c1-10-5-6-12(4-3-7-16)13(8-10)14(19)18-15-17-11(2)9-20-15/h5-6,8-9H,7,16H2,1-2H3,(H,17,18,19). The predicted molar refractivity (Wildman–Crippen MR) is 76.3 cm³/mol. The van der Waals surface area contributed by atoms with E-state index in [1.165, 1.54) is 6.26 Å². The number of carbonyl (C=O) groups is 1. The molecule has 0 bridgehead atoms. The van der Waals surface area contributed by atoms with Gasteiger partial charge in [-0.2, -0.15) is 4.98 Å². The van der Waals surface area contributed by atoms with Crippen molar-refractivity contribution >= 4 is 11.9 Å². The molecule has 0 radical (unpaired) electrons. The van der Waals surface area contributed by atoms with E-state index < -0.39 is 0 Å². The molecule has 0 saturated carbocycles. The summed E-state index contributed by atoms with van der Waals surface area (Å²) in [6, 6.07) is 5.64. The van der Waals surface area contributed by atoms with Gasteiger partial charge in [-0.3, -0.25) is 10.1 Å². The highest BCUT2D eigenvalue weighted by Crippen LogP contribution is 2.14. The minimum absolute atomic E-state index is 0.173. The van der Waals surface area contributed by atoms with Crippen LogP contribution < -0.4 is 11.1 Å². The van der Waals surface area contributed by atoms with Gasteiger partial charge < -0.3 is 10.2 Å². The first-order chi connectivity index (χ1) is 9.60. The highest BCUT2D eigenvalue weighted by Gasteiger charge is 2.13. The highest BCUT2D eigenvalue weighted by molar-refractivity contribution is 6.05. The van der Waals surface area contributed by atoms with Gasteiger partial charge in [-0.25, -0.2) is 0 Å². The molecule has 20 heavy (non-hydrogen) atoms. The van der Waals surface area contributed by atoms with Crippen LogP contribution in [0.4, 0.5) is 6.01 Å². The summed E-state index contributed by atoms with van der Waals surface area (Å²) >= 11 is 0. The van der Waals surface area contributed by atoms with Crippen molar-refractivity contribution in [3.05, 3.63) is 46.8 Å². The maximum absolute atomic E-state index is 12.2. The largest absolute Gasteiger partial charge is 0.432 e. The molecule has 1 aromatic heterocycles. The van der Waals surface area contributed by atoms with E-state index in [0.29, 0.717) is 16.8 Å². The van der Waals surface area contributed by atoms with Crippen LogP contribution in [0, 0.1) is 25.7 Å². The molecular weight excluding hydrogens is 254 g/mol. The highest BCUT2D eigenvalue weighted by atomic mass is 16.4. The maximum atomic E-state index is 12.2. The fourth-order valence-electron chi connectivity index (χ4n) is 1.68. The van der Waals surface area contributed by atoms with E-state index in [-0.39, 0.29) is 18.5 Å². The van der Waals surface area contributed by atoms with Gasteiger partial charge in [0.2, 0.25) is 0 Å². The molecule has 5 nitrogen and oxygen atoms in total. The number of aromatic nitrogens is 1. The van der Waals surface area contributed by atoms with Gasteiger partial charge in [0.05, 0.1) is 17.8 Å². The molecule has 0 saturated heterocycles. The second-order valence-corrected chi connectivity index (χ2v) is 4.30. The summed E-state index contributed by atoms with van der Waals surface area (Å²) in [5, 5.41) is 2.61. The van der Waals surface area contributed by atoms with Crippen LogP contribution in [0.2, 0.25) is 0 Å². The summed E-state index contributed by atoms with van der Waals surface area (Å²) in [5.74, 6) is 5.32. The zero-order valence-corrected chi connectivity index (χ0v) is 11.4. The van der Waals surface area contributed by atoms with Crippen LogP contribution in [0.5, 0.6) is 0 Å². The lowest BCUT2D eigenvalue weighted by molar-refractivity contribution is 0.102. The Kier molecular flexibility index (Phi) is 4.18. The Labute approximate surface area is 117 Å². The molecular formula is C15H15N3O2. The van der Waals surface area contributed by atoms with Crippen molar-refractivity contribution in [2.45, 2.75) is 13.8 Å². The molecule has 5 heteroatoms. The van der Waals surface area contributed by atoms with Crippen molar-refractivity contribution in [3.63, 3.8) is 0 Å². The van der Waals surface area contributed by atoms with E-state index >= 15 is 0 Å². The number of rotatable bonds is 2. The average Bonchev–Trinajstić information content (AvgIpc) is 2.82. The fourth-order valence-corrected chi connectivity index (χ4v) is 1.68. The van der Waals surface area contributed by atoms with Crippen LogP contribution in [-0.4, -0.2) is 17.4 Å². The van der Waals surface area contributed by atoms with Crippen LogP contribution in [0.15, 0.2) is 28.9 Å². The van der Waals surface area contributed by atoms with Gasteiger partial charge in [0.25, 0.3) is 5.91 Å². The summed E-state index contributed by atoms with van der Waals surface area (Å²) in [6.45, 7) is 3.93. The molecule has 0 atom stereocenters. The first kappa shape index (κ1) is 13.8. The first-order valence-electron chi connectivity index (χ1n) is 6.13. The lowest BCUT2D eigenvalue weighted by atomic mass is 10.0. The van der Waals surface area contributed by atoms with Crippen molar-refractivity contribution in [1.82, 2.24) is 4.98 Å². The third kappa shape index (κ3) is 3.25. The SMILES string of the molecule is Cc1ccc(C#CCN)c(C(=O)Nc2nc(C)co2)c1. The normalized spacial score (nSPS) is 9.75. The monoisotopic (exact) mass is 269 g/mol. The lowest BCUT2D eigenvalue weighted by Crippen LogP contribution is -2.14. The van der Waals surface area contributed by atoms with Gasteiger partial charge in [-0.1, -0.05) is 23.5 Å². The minimum Gasteiger partial charge on any atom is -0.432 e. The average molecular weight is 269 g/mol. The number of oxazole rings is 1. The van der Waals surface area contributed by atoms with E-state index in [1.807, 2.05) is 13.0 Å². The maximum Gasteiger partial charge on any atom is 0.301 e. The number of amides is 1. The second-order valence-electron chi connectivity index (χ2n) is 4.30. The molecule has 102 valence electrons. The third-order valence-corrected chi connectivity index (χ3v) is 2.58. The van der Waals surface area contributed by atoms with Gasteiger partial charge in [-0.15, -0.1) is 0 Å². The third-order valence-electron chi connectivity index (χ3n) is 2.58. The van der Waals surface area contributed by atoms with Crippen molar-refractivity contribution in [1.29, 1.82) is 0 Å². The zero-order chi connectivity index (χ0) is 14.5. The molecule has 0 spiro atoms. The summed E-state index contributed by atoms with van der Waals surface area (Å²) in [4.78, 5) is 16.3. The predicted octanol–water partition coefficient (Wildman–Crippen LogP) is 1.85. The molecule has 2 rings (SSSR count). The molecule has 2 aromatic rings.